The summed E-state index contributed by atoms with van der Waals surface area (Å²) in [6.07, 6.45) is 12.9. The van der Waals surface area contributed by atoms with Crippen LogP contribution in [0.5, 0.6) is 0 Å². The maximum atomic E-state index is 12.6. The monoisotopic (exact) mass is 360 g/mol. The Hall–Kier alpha value is -2.39. The van der Waals surface area contributed by atoms with Gasteiger partial charge < -0.3 is 4.57 Å². The Morgan fingerprint density at radius 1 is 1.11 bits per heavy atom. The van der Waals surface area contributed by atoms with Crippen molar-refractivity contribution in [2.75, 3.05) is 0 Å². The highest BCUT2D eigenvalue weighted by molar-refractivity contribution is 5.25. The summed E-state index contributed by atoms with van der Waals surface area (Å²) in [6, 6.07) is 12.9. The molecule has 2 heterocycles. The van der Waals surface area contributed by atoms with Crippen LogP contribution in [0.3, 0.4) is 0 Å². The van der Waals surface area contributed by atoms with E-state index in [4.69, 9.17) is 0 Å². The summed E-state index contributed by atoms with van der Waals surface area (Å²) in [5.41, 5.74) is 4.96. The van der Waals surface area contributed by atoms with Crippen LogP contribution in [0.15, 0.2) is 71.2 Å². The van der Waals surface area contributed by atoms with Gasteiger partial charge in [-0.2, -0.15) is 0 Å². The average molecular weight is 361 g/mol. The molecule has 1 unspecified atom stereocenters. The van der Waals surface area contributed by atoms with Crippen LogP contribution in [-0.2, 0) is 26.1 Å². The number of nitrogens with zero attached hydrogens (tertiary/aromatic N) is 2. The van der Waals surface area contributed by atoms with Crippen molar-refractivity contribution in [3.8, 4) is 0 Å². The van der Waals surface area contributed by atoms with Gasteiger partial charge in [0.05, 0.1) is 0 Å². The topological polar surface area (TPSA) is 25.2 Å². The molecule has 0 radical (unpaired) electrons. The van der Waals surface area contributed by atoms with Crippen LogP contribution in [-0.4, -0.2) is 15.5 Å². The van der Waals surface area contributed by atoms with Crippen molar-refractivity contribution in [2.24, 2.45) is 0 Å². The molecule has 0 fully saturated rings. The van der Waals surface area contributed by atoms with E-state index in [1.807, 2.05) is 6.07 Å². The summed E-state index contributed by atoms with van der Waals surface area (Å²) in [5, 5.41) is 0. The van der Waals surface area contributed by atoms with E-state index in [9.17, 15) is 4.79 Å². The minimum Gasteiger partial charge on any atom is -0.348 e. The van der Waals surface area contributed by atoms with Crippen LogP contribution < -0.4 is 5.43 Å². The lowest BCUT2D eigenvalue weighted by Gasteiger charge is -2.36. The number of aromatic nitrogens is 1. The molecule has 3 nitrogen and oxygen atoms in total. The predicted molar refractivity (Wildman–Crippen MR) is 111 cm³/mol. The van der Waals surface area contributed by atoms with E-state index in [1.54, 1.807) is 0 Å². The molecule has 2 aromatic rings. The highest BCUT2D eigenvalue weighted by atomic mass is 16.1. The van der Waals surface area contributed by atoms with E-state index in [-0.39, 0.29) is 5.43 Å². The molecule has 0 saturated heterocycles. The van der Waals surface area contributed by atoms with E-state index in [2.05, 4.69) is 71.1 Å². The largest absolute Gasteiger partial charge is 0.348 e. The number of benzene rings is 1. The van der Waals surface area contributed by atoms with Crippen molar-refractivity contribution in [2.45, 2.75) is 58.3 Å². The van der Waals surface area contributed by atoms with Crippen LogP contribution in [0.1, 0.15) is 43.0 Å². The predicted octanol–water partition coefficient (Wildman–Crippen LogP) is 4.46. The zero-order valence-corrected chi connectivity index (χ0v) is 16.1. The molecule has 3 heteroatoms. The lowest BCUT2D eigenvalue weighted by atomic mass is 10.00. The SMILES string of the molecule is CC1Cn2cc(CCC3=CCCC=C3)c(=O)cc2CN1Cc1ccccc1. The quantitative estimate of drug-likeness (QED) is 0.786. The standard InChI is InChI=1S/C24H28N2O/c1-19-15-26-17-22(13-12-20-8-4-2-5-9-20)24(27)14-23(26)18-25(19)16-21-10-6-3-7-11-21/h3-4,6-11,14,17,19H,2,5,12-13,15-16,18H2,1H3. The molecule has 1 aliphatic carbocycles. The second kappa shape index (κ2) is 8.10. The number of allylic oxidation sites excluding steroid dienone is 4. The van der Waals surface area contributed by atoms with Crippen LogP contribution >= 0.6 is 0 Å². The van der Waals surface area contributed by atoms with Crippen molar-refractivity contribution in [3.63, 3.8) is 0 Å². The maximum absolute atomic E-state index is 12.6. The summed E-state index contributed by atoms with van der Waals surface area (Å²) in [5.74, 6) is 0. The second-order valence-corrected chi connectivity index (χ2v) is 7.80. The van der Waals surface area contributed by atoms with Gasteiger partial charge in [-0.25, -0.2) is 0 Å². The van der Waals surface area contributed by atoms with Crippen molar-refractivity contribution in [1.82, 2.24) is 9.47 Å². The number of rotatable bonds is 5. The molecule has 0 N–H and O–H groups in total. The molecule has 0 spiro atoms. The minimum absolute atomic E-state index is 0.191. The number of hydrogen-bond donors (Lipinski definition) is 0. The van der Waals surface area contributed by atoms with Crippen molar-refractivity contribution >= 4 is 0 Å². The fourth-order valence-electron chi connectivity index (χ4n) is 4.08. The fraction of sp³-hybridized carbons (Fsp3) is 0.375. The highest BCUT2D eigenvalue weighted by Gasteiger charge is 2.23. The average Bonchev–Trinajstić information content (AvgIpc) is 2.69. The third-order valence-corrected chi connectivity index (χ3v) is 5.73. The summed E-state index contributed by atoms with van der Waals surface area (Å²) < 4.78 is 2.30. The van der Waals surface area contributed by atoms with Gasteiger partial charge in [0.2, 0.25) is 0 Å². The Morgan fingerprint density at radius 3 is 2.74 bits per heavy atom. The molecular weight excluding hydrogens is 332 g/mol. The highest BCUT2D eigenvalue weighted by Crippen LogP contribution is 2.21. The van der Waals surface area contributed by atoms with Gasteiger partial charge in [0.15, 0.2) is 5.43 Å². The lowest BCUT2D eigenvalue weighted by molar-refractivity contribution is 0.142. The zero-order valence-electron chi connectivity index (χ0n) is 16.1. The molecule has 0 bridgehead atoms. The van der Waals surface area contributed by atoms with E-state index in [0.717, 1.165) is 56.6 Å². The molecule has 1 aromatic carbocycles. The van der Waals surface area contributed by atoms with Gasteiger partial charge in [-0.3, -0.25) is 9.69 Å². The van der Waals surface area contributed by atoms with E-state index >= 15 is 0 Å². The zero-order chi connectivity index (χ0) is 18.6. The second-order valence-electron chi connectivity index (χ2n) is 7.80. The lowest BCUT2D eigenvalue weighted by Crippen LogP contribution is -2.41. The molecule has 140 valence electrons. The van der Waals surface area contributed by atoms with Crippen molar-refractivity contribution < 1.29 is 0 Å². The molecule has 0 amide bonds. The fourth-order valence-corrected chi connectivity index (χ4v) is 4.08. The van der Waals surface area contributed by atoms with Crippen LogP contribution in [0.2, 0.25) is 0 Å². The maximum Gasteiger partial charge on any atom is 0.185 e. The third kappa shape index (κ3) is 4.30. The van der Waals surface area contributed by atoms with E-state index in [1.165, 1.54) is 11.1 Å². The smallest absolute Gasteiger partial charge is 0.185 e. The number of pyridine rings is 1. The molecule has 1 aromatic heterocycles. The van der Waals surface area contributed by atoms with Gasteiger partial charge in [0, 0.05) is 49.2 Å². The Kier molecular flexibility index (Phi) is 5.40. The summed E-state index contributed by atoms with van der Waals surface area (Å²) in [6.45, 7) is 4.98. The van der Waals surface area contributed by atoms with Gasteiger partial charge in [-0.1, -0.05) is 54.1 Å². The van der Waals surface area contributed by atoms with Crippen molar-refractivity contribution in [3.05, 3.63) is 93.4 Å². The first-order valence-electron chi connectivity index (χ1n) is 10.0. The molecule has 1 atom stereocenters. The Balaban J connectivity index is 1.48. The number of aryl methyl sites for hydroxylation is 1. The van der Waals surface area contributed by atoms with Gasteiger partial charge in [-0.05, 0) is 38.2 Å². The van der Waals surface area contributed by atoms with Gasteiger partial charge >= 0.3 is 0 Å². The summed E-state index contributed by atoms with van der Waals surface area (Å²) in [4.78, 5) is 15.1. The summed E-state index contributed by atoms with van der Waals surface area (Å²) in [7, 11) is 0. The van der Waals surface area contributed by atoms with E-state index < -0.39 is 0 Å². The molecule has 0 saturated carbocycles. The number of fused-ring (bicyclic) bond motifs is 1. The van der Waals surface area contributed by atoms with Crippen molar-refractivity contribution in [1.29, 1.82) is 0 Å². The Morgan fingerprint density at radius 2 is 1.96 bits per heavy atom. The van der Waals surface area contributed by atoms with E-state index in [0.29, 0.717) is 6.04 Å². The molecule has 2 aliphatic rings. The summed E-state index contributed by atoms with van der Waals surface area (Å²) >= 11 is 0. The van der Waals surface area contributed by atoms with Gasteiger partial charge in [0.25, 0.3) is 0 Å². The first-order chi connectivity index (χ1) is 13.2. The molecule has 4 rings (SSSR count). The van der Waals surface area contributed by atoms with Crippen LogP contribution in [0.4, 0.5) is 0 Å². The Bertz CT molecular complexity index is 908. The Labute approximate surface area is 161 Å². The number of hydrogen-bond acceptors (Lipinski definition) is 2. The minimum atomic E-state index is 0.191. The molecular formula is C24H28N2O. The van der Waals surface area contributed by atoms with Gasteiger partial charge in [-0.15, -0.1) is 0 Å². The van der Waals surface area contributed by atoms with Gasteiger partial charge in [0.1, 0.15) is 0 Å². The first-order valence-corrected chi connectivity index (χ1v) is 10.0. The van der Waals surface area contributed by atoms with Crippen LogP contribution in [0.25, 0.3) is 0 Å². The molecule has 1 aliphatic heterocycles. The molecule has 27 heavy (non-hydrogen) atoms. The first kappa shape index (κ1) is 18.0. The van der Waals surface area contributed by atoms with Crippen LogP contribution in [0, 0.1) is 0 Å². The normalized spacial score (nSPS) is 19.6. The third-order valence-electron chi connectivity index (χ3n) is 5.73.